The van der Waals surface area contributed by atoms with E-state index in [4.69, 9.17) is 62.9 Å². The molecule has 0 radical (unpaired) electrons. The summed E-state index contributed by atoms with van der Waals surface area (Å²) in [5.41, 5.74) is 7.52. The number of aliphatic hydroxyl groups is 2. The van der Waals surface area contributed by atoms with Gasteiger partial charge >= 0.3 is 0 Å². The third-order valence-electron chi connectivity index (χ3n) is 11.4. The molecule has 0 bridgehead atoms. The number of nitrogens with zero attached hydrogens (tertiary/aromatic N) is 6. The minimum Gasteiger partial charge on any atom is -0.407 e. The Kier molecular flexibility index (Phi) is 11.9. The SMILES string of the molecule is CC(C)(C)[Si](C)(C)OC1C(O)C(COP(=S)(S)OC2C(CO)OC(n3cnc4c(=O)[nH]c(N)nc43)C2O[Si](C)(C)C(C)(C)C)OC1n1cnc2c(=O)[nH]c(N)nc21. The van der Waals surface area contributed by atoms with Gasteiger partial charge in [0.1, 0.15) is 36.6 Å². The molecule has 57 heavy (non-hydrogen) atoms. The number of hydrogen-bond donors (Lipinski definition) is 7. The zero-order valence-electron chi connectivity index (χ0n) is 33.5. The Balaban J connectivity index is 1.29. The Morgan fingerprint density at radius 1 is 0.842 bits per heavy atom. The van der Waals surface area contributed by atoms with E-state index < -0.39 is 89.1 Å². The number of ether oxygens (including phenoxy) is 2. The molecule has 2 fully saturated rings. The summed E-state index contributed by atoms with van der Waals surface area (Å²) < 4.78 is 42.2. The summed E-state index contributed by atoms with van der Waals surface area (Å²) in [6.07, 6.45) is -5.35. The topological polar surface area (TPSA) is 275 Å². The Hall–Kier alpha value is -2.59. The van der Waals surface area contributed by atoms with Crippen LogP contribution < -0.4 is 22.6 Å². The van der Waals surface area contributed by atoms with Gasteiger partial charge in [0.2, 0.25) is 17.6 Å². The van der Waals surface area contributed by atoms with Crippen molar-refractivity contribution >= 4 is 80.6 Å². The molecule has 6 rings (SSSR count). The van der Waals surface area contributed by atoms with Gasteiger partial charge in [-0.2, -0.15) is 9.97 Å². The largest absolute Gasteiger partial charge is 0.407 e. The number of anilines is 2. The fourth-order valence-corrected chi connectivity index (χ4v) is 10.7. The van der Waals surface area contributed by atoms with E-state index >= 15 is 0 Å². The molecule has 4 aromatic rings. The second-order valence-electron chi connectivity index (χ2n) is 17.4. The van der Waals surface area contributed by atoms with Crippen LogP contribution in [0.3, 0.4) is 0 Å². The summed E-state index contributed by atoms with van der Waals surface area (Å²) in [6.45, 7) is 19.8. The Labute approximate surface area is 341 Å². The zero-order chi connectivity index (χ0) is 42.2. The molecule has 0 aromatic carbocycles. The highest BCUT2D eigenvalue weighted by atomic mass is 32.9. The molecule has 9 unspecified atom stereocenters. The van der Waals surface area contributed by atoms with Crippen LogP contribution in [0.2, 0.25) is 36.3 Å². The smallest absolute Gasteiger partial charge is 0.280 e. The number of nitrogen functional groups attached to an aromatic ring is 2. The number of imidazole rings is 2. The highest BCUT2D eigenvalue weighted by Gasteiger charge is 2.54. The van der Waals surface area contributed by atoms with E-state index in [-0.39, 0.29) is 50.9 Å². The number of H-pyrrole nitrogens is 2. The van der Waals surface area contributed by atoms with Crippen LogP contribution in [0.15, 0.2) is 22.2 Å². The third-order valence-corrected chi connectivity index (χ3v) is 22.5. The van der Waals surface area contributed by atoms with Crippen LogP contribution in [0.1, 0.15) is 54.0 Å². The number of aliphatic hydroxyl groups excluding tert-OH is 2. The maximum Gasteiger partial charge on any atom is 0.280 e. The summed E-state index contributed by atoms with van der Waals surface area (Å²) in [5, 5.41) is 22.0. The average Bonchev–Trinajstić information content (AvgIpc) is 3.83. The number of fused-ring (bicyclic) bond motifs is 2. The summed E-state index contributed by atoms with van der Waals surface area (Å²) in [6, 6.07) is 0. The Bertz CT molecular complexity index is 2290. The summed E-state index contributed by atoms with van der Waals surface area (Å²) >= 11 is 10.5. The minimum absolute atomic E-state index is 0.0328. The van der Waals surface area contributed by atoms with Crippen LogP contribution in [-0.4, -0.2) is 116 Å². The van der Waals surface area contributed by atoms with E-state index in [0.29, 0.717) is 0 Å². The minimum atomic E-state index is -3.56. The van der Waals surface area contributed by atoms with E-state index in [9.17, 15) is 19.8 Å². The molecule has 0 spiro atoms. The second kappa shape index (κ2) is 15.5. The van der Waals surface area contributed by atoms with Gasteiger partial charge in [-0.3, -0.25) is 28.7 Å². The van der Waals surface area contributed by atoms with Gasteiger partial charge in [0.25, 0.3) is 11.1 Å². The Morgan fingerprint density at radius 2 is 1.28 bits per heavy atom. The van der Waals surface area contributed by atoms with Gasteiger partial charge in [0.05, 0.1) is 25.9 Å². The lowest BCUT2D eigenvalue weighted by atomic mass is 10.1. The summed E-state index contributed by atoms with van der Waals surface area (Å²) in [7, 11) is -5.15. The lowest BCUT2D eigenvalue weighted by molar-refractivity contribution is -0.0509. The lowest BCUT2D eigenvalue weighted by Gasteiger charge is -2.41. The van der Waals surface area contributed by atoms with Gasteiger partial charge in [-0.05, 0) is 48.1 Å². The molecule has 8 N–H and O–H groups in total. The van der Waals surface area contributed by atoms with Crippen LogP contribution in [0.25, 0.3) is 22.3 Å². The van der Waals surface area contributed by atoms with Gasteiger partial charge in [-0.15, -0.1) is 0 Å². The molecular weight excluding hydrogens is 836 g/mol. The zero-order valence-corrected chi connectivity index (χ0v) is 38.1. The van der Waals surface area contributed by atoms with Crippen LogP contribution in [-0.2, 0) is 39.2 Å². The molecule has 25 heteroatoms. The molecule has 20 nitrogen and oxygen atoms in total. The van der Waals surface area contributed by atoms with Gasteiger partial charge in [0, 0.05) is 0 Å². The van der Waals surface area contributed by atoms with E-state index in [1.54, 1.807) is 0 Å². The summed E-state index contributed by atoms with van der Waals surface area (Å²) in [5.74, 6) is -0.237. The van der Waals surface area contributed by atoms with Crippen molar-refractivity contribution in [2.45, 2.75) is 127 Å². The molecule has 2 aliphatic rings. The molecule has 0 saturated carbocycles. The molecular formula is C32H53N10O10PS2Si2. The van der Waals surface area contributed by atoms with Crippen LogP contribution in [0.5, 0.6) is 0 Å². The highest BCUT2D eigenvalue weighted by molar-refractivity contribution is 8.60. The second-order valence-corrected chi connectivity index (χ2v) is 32.1. The van der Waals surface area contributed by atoms with Gasteiger partial charge < -0.3 is 49.1 Å². The number of hydrogen-bond acceptors (Lipinski definition) is 17. The molecule has 0 amide bonds. The molecule has 9 atom stereocenters. The van der Waals surface area contributed by atoms with Crippen LogP contribution in [0.4, 0.5) is 11.9 Å². The first-order valence-electron chi connectivity index (χ1n) is 18.3. The molecule has 0 aliphatic carbocycles. The molecule has 316 valence electrons. The van der Waals surface area contributed by atoms with Crippen molar-refractivity contribution in [2.24, 2.45) is 0 Å². The number of aromatic amines is 2. The maximum absolute atomic E-state index is 12.7. The first kappa shape index (κ1) is 44.0. The molecule has 2 saturated heterocycles. The molecule has 4 aromatic heterocycles. The maximum atomic E-state index is 12.7. The van der Waals surface area contributed by atoms with Crippen LogP contribution in [0, 0.1) is 0 Å². The first-order valence-corrected chi connectivity index (χ1v) is 27.9. The standard InChI is InChI=1S/C32H53N10O10PS2Si2/c1-31(2,3)56(7,8)51-21-19(44)16(49-27(21)41-13-35-17-23(41)37-29(33)39-25(17)45)12-47-53(54,55)50-20-15(11-43)48-28(22(20)52-57(9,10)32(4,5)6)42-14-36-18-24(42)38-30(34)40-26(18)46/h13-16,19-22,27-28,43-44H,11-12H2,1-10H3,(H,54,55)(H3,33,37,39,45)(H3,34,38,40,46). The van der Waals surface area contributed by atoms with E-state index in [2.05, 4.69) is 84.5 Å². The molecule has 6 heterocycles. The number of thiol groups is 1. The number of nitrogens with one attached hydrogen (secondary N) is 2. The van der Waals surface area contributed by atoms with Gasteiger partial charge in [-0.25, -0.2) is 9.97 Å². The van der Waals surface area contributed by atoms with Gasteiger partial charge in [0.15, 0.2) is 51.4 Å². The van der Waals surface area contributed by atoms with Gasteiger partial charge in [-0.1, -0.05) is 53.8 Å². The van der Waals surface area contributed by atoms with Crippen molar-refractivity contribution in [3.8, 4) is 0 Å². The quantitative estimate of drug-likeness (QED) is 0.0612. The number of rotatable bonds is 12. The lowest BCUT2D eigenvalue weighted by Crippen LogP contribution is -2.49. The van der Waals surface area contributed by atoms with Crippen LogP contribution >= 0.6 is 17.9 Å². The normalized spacial score (nSPS) is 27.5. The number of aromatic nitrogens is 8. The van der Waals surface area contributed by atoms with Crippen molar-refractivity contribution in [1.29, 1.82) is 0 Å². The predicted molar refractivity (Wildman–Crippen MR) is 224 cm³/mol. The number of nitrogens with two attached hydrogens (primary N) is 2. The highest BCUT2D eigenvalue weighted by Crippen LogP contribution is 2.58. The van der Waals surface area contributed by atoms with E-state index in [1.807, 2.05) is 13.1 Å². The van der Waals surface area contributed by atoms with Crippen molar-refractivity contribution in [2.75, 3.05) is 24.7 Å². The van der Waals surface area contributed by atoms with E-state index in [1.165, 1.54) is 21.8 Å². The van der Waals surface area contributed by atoms with Crippen molar-refractivity contribution < 1.29 is 37.6 Å². The monoisotopic (exact) mass is 888 g/mol. The Morgan fingerprint density at radius 3 is 1.74 bits per heavy atom. The fourth-order valence-electron chi connectivity index (χ4n) is 6.18. The average molecular weight is 889 g/mol. The fraction of sp³-hybridized carbons (Fsp3) is 0.688. The third kappa shape index (κ3) is 8.56. The molecule has 2 aliphatic heterocycles. The summed E-state index contributed by atoms with van der Waals surface area (Å²) in [4.78, 5) is 47.3. The van der Waals surface area contributed by atoms with Crippen molar-refractivity contribution in [3.63, 3.8) is 0 Å². The first-order chi connectivity index (χ1) is 26.2. The van der Waals surface area contributed by atoms with Crippen molar-refractivity contribution in [3.05, 3.63) is 33.4 Å². The van der Waals surface area contributed by atoms with Crippen molar-refractivity contribution in [1.82, 2.24) is 39.0 Å². The predicted octanol–water partition coefficient (Wildman–Crippen LogP) is 2.90. The van der Waals surface area contributed by atoms with E-state index in [0.717, 1.165) is 0 Å².